The summed E-state index contributed by atoms with van der Waals surface area (Å²) in [6, 6.07) is 14.4. The molecule has 4 rings (SSSR count). The van der Waals surface area contributed by atoms with Crippen molar-refractivity contribution in [1.82, 2.24) is 5.32 Å². The van der Waals surface area contributed by atoms with Gasteiger partial charge in [-0.15, -0.1) is 11.3 Å². The minimum absolute atomic E-state index is 0.00437. The molecule has 0 spiro atoms. The van der Waals surface area contributed by atoms with E-state index in [4.69, 9.17) is 13.6 Å². The number of methoxy groups -OCH3 is 1. The predicted molar refractivity (Wildman–Crippen MR) is 102 cm³/mol. The van der Waals surface area contributed by atoms with Gasteiger partial charge in [0, 0.05) is 5.39 Å². The van der Waals surface area contributed by atoms with Crippen molar-refractivity contribution in [3.63, 3.8) is 0 Å². The number of hydrogen-bond acceptors (Lipinski definition) is 6. The molecule has 0 fully saturated rings. The van der Waals surface area contributed by atoms with Crippen LogP contribution in [0, 0.1) is 0 Å². The molecule has 4 aromatic rings. The Balaban J connectivity index is 1.43. The molecule has 3 aromatic heterocycles. The van der Waals surface area contributed by atoms with E-state index in [1.165, 1.54) is 0 Å². The molecule has 0 saturated heterocycles. The number of hydrogen-bond donors (Lipinski definition) is 2. The van der Waals surface area contributed by atoms with Gasteiger partial charge in [-0.3, -0.25) is 4.79 Å². The Labute approximate surface area is 159 Å². The van der Waals surface area contributed by atoms with Gasteiger partial charge in [0.15, 0.2) is 17.1 Å². The van der Waals surface area contributed by atoms with Gasteiger partial charge in [-0.2, -0.15) is 0 Å². The number of nitrogens with one attached hydrogen (secondary N) is 1. The Morgan fingerprint density at radius 3 is 2.89 bits per heavy atom. The van der Waals surface area contributed by atoms with Crippen LogP contribution in [0.25, 0.3) is 21.6 Å². The molecular formula is C20H17NO5S. The first-order chi connectivity index (χ1) is 13.2. The van der Waals surface area contributed by atoms with Crippen LogP contribution in [0.2, 0.25) is 0 Å². The van der Waals surface area contributed by atoms with E-state index >= 15 is 0 Å². The average Bonchev–Trinajstić information content (AvgIpc) is 3.44. The third-order valence-corrected chi connectivity index (χ3v) is 5.01. The van der Waals surface area contributed by atoms with Gasteiger partial charge in [0.25, 0.3) is 5.91 Å². The Bertz CT molecular complexity index is 1060. The summed E-state index contributed by atoms with van der Waals surface area (Å²) in [4.78, 5) is 13.3. The zero-order chi connectivity index (χ0) is 18.8. The predicted octanol–water partition coefficient (Wildman–Crippen LogP) is 4.23. The smallest absolute Gasteiger partial charge is 0.287 e. The summed E-state index contributed by atoms with van der Waals surface area (Å²) in [6.07, 6.45) is -0.957. The van der Waals surface area contributed by atoms with Crippen LogP contribution in [0.15, 0.2) is 62.7 Å². The van der Waals surface area contributed by atoms with E-state index in [0.717, 1.165) is 10.3 Å². The summed E-state index contributed by atoms with van der Waals surface area (Å²) in [6.45, 7) is 0.00437. The van der Waals surface area contributed by atoms with Gasteiger partial charge < -0.3 is 24.0 Å². The summed E-state index contributed by atoms with van der Waals surface area (Å²) >= 11 is 1.55. The highest BCUT2D eigenvalue weighted by Gasteiger charge is 2.18. The number of aliphatic hydroxyl groups excluding tert-OH is 1. The SMILES string of the molecule is COc1cccc2cc(C(=O)NCC(O)c3ccc(-c4cccs4)o3)oc12. The standard InChI is InChI=1S/C20H17NO5S/c1-24-16-5-2-4-12-10-17(26-19(12)16)20(23)21-11-13(22)14-7-8-15(25-14)18-6-3-9-27-18/h2-10,13,22H,11H2,1H3,(H,21,23). The lowest BCUT2D eigenvalue weighted by molar-refractivity contribution is 0.0877. The molecule has 0 aliphatic heterocycles. The van der Waals surface area contributed by atoms with E-state index in [9.17, 15) is 9.90 Å². The first-order valence-electron chi connectivity index (χ1n) is 8.32. The molecule has 7 heteroatoms. The van der Waals surface area contributed by atoms with Crippen molar-refractivity contribution in [2.45, 2.75) is 6.10 Å². The van der Waals surface area contributed by atoms with Crippen LogP contribution in [0.5, 0.6) is 5.75 Å². The van der Waals surface area contributed by atoms with E-state index in [-0.39, 0.29) is 12.3 Å². The number of fused-ring (bicyclic) bond motifs is 1. The van der Waals surface area contributed by atoms with Crippen molar-refractivity contribution >= 4 is 28.2 Å². The number of benzene rings is 1. The number of carbonyl (C=O) groups excluding carboxylic acids is 1. The Morgan fingerprint density at radius 1 is 1.22 bits per heavy atom. The highest BCUT2D eigenvalue weighted by atomic mass is 32.1. The van der Waals surface area contributed by atoms with Crippen molar-refractivity contribution < 1.29 is 23.5 Å². The molecule has 6 nitrogen and oxygen atoms in total. The third kappa shape index (κ3) is 3.47. The molecule has 1 aromatic carbocycles. The second kappa shape index (κ2) is 7.30. The van der Waals surface area contributed by atoms with Crippen LogP contribution >= 0.6 is 11.3 Å². The van der Waals surface area contributed by atoms with Crippen molar-refractivity contribution in [1.29, 1.82) is 0 Å². The zero-order valence-corrected chi connectivity index (χ0v) is 15.3. The second-order valence-corrected chi connectivity index (χ2v) is 6.84. The molecule has 1 amide bonds. The van der Waals surface area contributed by atoms with Gasteiger partial charge in [-0.1, -0.05) is 18.2 Å². The van der Waals surface area contributed by atoms with Gasteiger partial charge >= 0.3 is 0 Å². The van der Waals surface area contributed by atoms with E-state index < -0.39 is 12.0 Å². The summed E-state index contributed by atoms with van der Waals surface area (Å²) in [7, 11) is 1.54. The molecule has 0 aliphatic carbocycles. The molecule has 0 aliphatic rings. The molecule has 138 valence electrons. The summed E-state index contributed by atoms with van der Waals surface area (Å²) in [5.41, 5.74) is 0.511. The van der Waals surface area contributed by atoms with Crippen molar-refractivity contribution in [2.75, 3.05) is 13.7 Å². The van der Waals surface area contributed by atoms with E-state index in [1.807, 2.05) is 29.6 Å². The Kier molecular flexibility index (Phi) is 4.70. The number of amides is 1. The lowest BCUT2D eigenvalue weighted by Gasteiger charge is -2.08. The summed E-state index contributed by atoms with van der Waals surface area (Å²) in [5.74, 6) is 1.38. The molecule has 2 N–H and O–H groups in total. The van der Waals surface area contributed by atoms with E-state index in [0.29, 0.717) is 22.9 Å². The molecule has 1 unspecified atom stereocenters. The summed E-state index contributed by atoms with van der Waals surface area (Å²) in [5, 5.41) is 15.7. The van der Waals surface area contributed by atoms with Crippen molar-refractivity contribution in [2.24, 2.45) is 0 Å². The van der Waals surface area contributed by atoms with Crippen LogP contribution in [-0.2, 0) is 0 Å². The average molecular weight is 383 g/mol. The quantitative estimate of drug-likeness (QED) is 0.521. The van der Waals surface area contributed by atoms with Crippen LogP contribution in [0.3, 0.4) is 0 Å². The monoisotopic (exact) mass is 383 g/mol. The molecule has 0 saturated carbocycles. The number of furan rings is 2. The molecule has 27 heavy (non-hydrogen) atoms. The van der Waals surface area contributed by atoms with Crippen LogP contribution in [0.1, 0.15) is 22.4 Å². The number of aliphatic hydroxyl groups is 1. The fourth-order valence-electron chi connectivity index (χ4n) is 2.77. The van der Waals surface area contributed by atoms with Crippen LogP contribution in [0.4, 0.5) is 0 Å². The van der Waals surface area contributed by atoms with Gasteiger partial charge in [0.2, 0.25) is 0 Å². The maximum atomic E-state index is 12.4. The topological polar surface area (TPSA) is 84.8 Å². The minimum Gasteiger partial charge on any atom is -0.493 e. The Hall–Kier alpha value is -3.03. The number of ether oxygens (including phenoxy) is 1. The lowest BCUT2D eigenvalue weighted by atomic mass is 10.2. The maximum Gasteiger partial charge on any atom is 0.287 e. The van der Waals surface area contributed by atoms with Crippen LogP contribution in [-0.4, -0.2) is 24.7 Å². The molecule has 3 heterocycles. The number of carbonyl (C=O) groups is 1. The third-order valence-electron chi connectivity index (χ3n) is 4.13. The fraction of sp³-hybridized carbons (Fsp3) is 0.150. The number of rotatable bonds is 6. The van der Waals surface area contributed by atoms with Crippen LogP contribution < -0.4 is 10.1 Å². The molecular weight excluding hydrogens is 366 g/mol. The highest BCUT2D eigenvalue weighted by molar-refractivity contribution is 7.13. The maximum absolute atomic E-state index is 12.4. The Morgan fingerprint density at radius 2 is 2.11 bits per heavy atom. The van der Waals surface area contributed by atoms with Crippen molar-refractivity contribution in [3.8, 4) is 16.4 Å². The summed E-state index contributed by atoms with van der Waals surface area (Å²) < 4.78 is 16.5. The van der Waals surface area contributed by atoms with Gasteiger partial charge in [0.05, 0.1) is 18.5 Å². The first-order valence-corrected chi connectivity index (χ1v) is 9.20. The van der Waals surface area contributed by atoms with Gasteiger partial charge in [-0.05, 0) is 35.7 Å². The molecule has 1 atom stereocenters. The fourth-order valence-corrected chi connectivity index (χ4v) is 3.46. The van der Waals surface area contributed by atoms with E-state index in [1.54, 1.807) is 42.7 Å². The molecule has 0 radical (unpaired) electrons. The van der Waals surface area contributed by atoms with Gasteiger partial charge in [0.1, 0.15) is 17.6 Å². The van der Waals surface area contributed by atoms with E-state index in [2.05, 4.69) is 5.32 Å². The largest absolute Gasteiger partial charge is 0.493 e. The highest BCUT2D eigenvalue weighted by Crippen LogP contribution is 2.30. The van der Waals surface area contributed by atoms with Gasteiger partial charge in [-0.25, -0.2) is 0 Å². The number of thiophene rings is 1. The zero-order valence-electron chi connectivity index (χ0n) is 14.5. The minimum atomic E-state index is -0.957. The number of para-hydroxylation sites is 1. The van der Waals surface area contributed by atoms with Crippen molar-refractivity contribution in [3.05, 3.63) is 65.4 Å². The molecule has 0 bridgehead atoms. The normalized spacial score (nSPS) is 12.2. The first kappa shape index (κ1) is 17.4. The second-order valence-electron chi connectivity index (χ2n) is 5.89. The lowest BCUT2D eigenvalue weighted by Crippen LogP contribution is -2.27.